The third kappa shape index (κ3) is 4.06. The van der Waals surface area contributed by atoms with Crippen molar-refractivity contribution in [2.24, 2.45) is 5.73 Å². The molecule has 1 rings (SSSR count). The number of halogens is 1. The van der Waals surface area contributed by atoms with Gasteiger partial charge in [-0.3, -0.25) is 4.79 Å². The van der Waals surface area contributed by atoms with Crippen LogP contribution in [-0.2, 0) is 4.79 Å². The second-order valence-corrected chi connectivity index (χ2v) is 5.20. The van der Waals surface area contributed by atoms with Crippen molar-refractivity contribution in [3.63, 3.8) is 0 Å². The van der Waals surface area contributed by atoms with E-state index in [2.05, 4.69) is 21.2 Å². The summed E-state index contributed by atoms with van der Waals surface area (Å²) in [5.74, 6) is 0.593. The molecule has 3 nitrogen and oxygen atoms in total. The van der Waals surface area contributed by atoms with Crippen molar-refractivity contribution in [3.05, 3.63) is 28.7 Å². The Morgan fingerprint density at radius 1 is 1.56 bits per heavy atom. The minimum atomic E-state index is -0.315. The highest BCUT2D eigenvalue weighted by atomic mass is 79.9. The first-order chi connectivity index (χ1) is 7.65. The summed E-state index contributed by atoms with van der Waals surface area (Å²) in [7, 11) is 0. The Hall–Kier alpha value is -0.680. The number of nitrogens with one attached hydrogen (secondary N) is 1. The fraction of sp³-hybridized carbons (Fsp3) is 0.364. The molecule has 1 aromatic rings. The Morgan fingerprint density at radius 3 is 2.81 bits per heavy atom. The van der Waals surface area contributed by atoms with E-state index in [1.54, 1.807) is 11.8 Å². The van der Waals surface area contributed by atoms with Crippen LogP contribution in [0.2, 0.25) is 0 Å². The number of benzene rings is 1. The molecule has 0 aromatic heterocycles. The third-order valence-corrected chi connectivity index (χ3v) is 3.49. The van der Waals surface area contributed by atoms with E-state index in [1.807, 2.05) is 30.5 Å². The Labute approximate surface area is 108 Å². The van der Waals surface area contributed by atoms with Gasteiger partial charge in [0.15, 0.2) is 0 Å². The molecular formula is C11H15BrN2OS. The van der Waals surface area contributed by atoms with Gasteiger partial charge in [-0.2, -0.15) is 11.8 Å². The van der Waals surface area contributed by atoms with Gasteiger partial charge in [-0.1, -0.05) is 12.1 Å². The number of amides is 1. The van der Waals surface area contributed by atoms with E-state index in [1.165, 1.54) is 0 Å². The Kier molecular flexibility index (Phi) is 5.69. The van der Waals surface area contributed by atoms with Crippen molar-refractivity contribution in [2.45, 2.75) is 12.5 Å². The van der Waals surface area contributed by atoms with Crippen molar-refractivity contribution in [1.82, 2.24) is 0 Å². The molecular weight excluding hydrogens is 288 g/mol. The standard InChI is InChI=1S/C11H15BrN2OS/c1-16-7-6-10(11(13)15)14-9-5-3-2-4-8(9)12/h2-5,10,14H,6-7H2,1H3,(H2,13,15). The summed E-state index contributed by atoms with van der Waals surface area (Å²) in [4.78, 5) is 11.3. The Morgan fingerprint density at radius 2 is 2.25 bits per heavy atom. The summed E-state index contributed by atoms with van der Waals surface area (Å²) in [5.41, 5.74) is 6.25. The smallest absolute Gasteiger partial charge is 0.239 e. The maximum absolute atomic E-state index is 11.3. The van der Waals surface area contributed by atoms with E-state index < -0.39 is 0 Å². The van der Waals surface area contributed by atoms with Crippen LogP contribution in [0.1, 0.15) is 6.42 Å². The number of rotatable bonds is 6. The van der Waals surface area contributed by atoms with Crippen LogP contribution in [0.4, 0.5) is 5.69 Å². The highest BCUT2D eigenvalue weighted by molar-refractivity contribution is 9.10. The van der Waals surface area contributed by atoms with Crippen LogP contribution in [-0.4, -0.2) is 24.0 Å². The summed E-state index contributed by atoms with van der Waals surface area (Å²) in [5, 5.41) is 3.15. The van der Waals surface area contributed by atoms with Gasteiger partial charge < -0.3 is 11.1 Å². The monoisotopic (exact) mass is 302 g/mol. The summed E-state index contributed by atoms with van der Waals surface area (Å²) in [6.07, 6.45) is 2.74. The molecule has 0 saturated carbocycles. The molecule has 0 fully saturated rings. The van der Waals surface area contributed by atoms with Crippen molar-refractivity contribution < 1.29 is 4.79 Å². The lowest BCUT2D eigenvalue weighted by atomic mass is 10.2. The number of thioether (sulfide) groups is 1. The first-order valence-corrected chi connectivity index (χ1v) is 7.13. The van der Waals surface area contributed by atoms with E-state index in [-0.39, 0.29) is 11.9 Å². The average Bonchev–Trinajstić information content (AvgIpc) is 2.26. The highest BCUT2D eigenvalue weighted by Crippen LogP contribution is 2.22. The molecule has 5 heteroatoms. The first kappa shape index (κ1) is 13.4. The molecule has 0 spiro atoms. The Balaban J connectivity index is 2.68. The molecule has 0 radical (unpaired) electrons. The molecule has 0 aliphatic rings. The number of para-hydroxylation sites is 1. The lowest BCUT2D eigenvalue weighted by Crippen LogP contribution is -2.36. The largest absolute Gasteiger partial charge is 0.373 e. The zero-order chi connectivity index (χ0) is 12.0. The van der Waals surface area contributed by atoms with Crippen LogP contribution in [0.25, 0.3) is 0 Å². The van der Waals surface area contributed by atoms with Crippen molar-refractivity contribution in [1.29, 1.82) is 0 Å². The number of hydrogen-bond donors (Lipinski definition) is 2. The minimum Gasteiger partial charge on any atom is -0.373 e. The number of carbonyl (C=O) groups excluding carboxylic acids is 1. The molecule has 0 aliphatic carbocycles. The zero-order valence-corrected chi connectivity index (χ0v) is 11.5. The molecule has 1 aromatic carbocycles. The normalized spacial score (nSPS) is 12.1. The summed E-state index contributed by atoms with van der Waals surface area (Å²) < 4.78 is 0.936. The van der Waals surface area contributed by atoms with Gasteiger partial charge >= 0.3 is 0 Å². The van der Waals surface area contributed by atoms with Gasteiger partial charge in [0.1, 0.15) is 6.04 Å². The van der Waals surface area contributed by atoms with Crippen LogP contribution in [0.5, 0.6) is 0 Å². The zero-order valence-electron chi connectivity index (χ0n) is 9.07. The van der Waals surface area contributed by atoms with Crippen LogP contribution in [0, 0.1) is 0 Å². The van der Waals surface area contributed by atoms with E-state index in [4.69, 9.17) is 5.73 Å². The fourth-order valence-electron chi connectivity index (χ4n) is 1.29. The molecule has 88 valence electrons. The predicted octanol–water partition coefficient (Wildman–Crippen LogP) is 2.47. The number of nitrogens with two attached hydrogens (primary N) is 1. The van der Waals surface area contributed by atoms with Gasteiger partial charge in [-0.15, -0.1) is 0 Å². The molecule has 16 heavy (non-hydrogen) atoms. The summed E-state index contributed by atoms with van der Waals surface area (Å²) >= 11 is 5.12. The van der Waals surface area contributed by atoms with Crippen LogP contribution >= 0.6 is 27.7 Å². The molecule has 1 unspecified atom stereocenters. The third-order valence-electron chi connectivity index (χ3n) is 2.16. The van der Waals surface area contributed by atoms with Crippen LogP contribution < -0.4 is 11.1 Å². The molecule has 3 N–H and O–H groups in total. The number of anilines is 1. The minimum absolute atomic E-state index is 0.314. The van der Waals surface area contributed by atoms with E-state index in [0.717, 1.165) is 22.3 Å². The fourth-order valence-corrected chi connectivity index (χ4v) is 2.16. The van der Waals surface area contributed by atoms with E-state index in [0.29, 0.717) is 0 Å². The van der Waals surface area contributed by atoms with Gasteiger partial charge in [-0.25, -0.2) is 0 Å². The van der Waals surface area contributed by atoms with Crippen LogP contribution in [0.3, 0.4) is 0 Å². The molecule has 0 bridgehead atoms. The molecule has 0 saturated heterocycles. The average molecular weight is 303 g/mol. The van der Waals surface area contributed by atoms with Gasteiger partial charge in [0, 0.05) is 10.2 Å². The number of hydrogen-bond acceptors (Lipinski definition) is 3. The topological polar surface area (TPSA) is 55.1 Å². The van der Waals surface area contributed by atoms with E-state index >= 15 is 0 Å². The van der Waals surface area contributed by atoms with Crippen molar-refractivity contribution in [3.8, 4) is 0 Å². The lowest BCUT2D eigenvalue weighted by Gasteiger charge is -2.17. The lowest BCUT2D eigenvalue weighted by molar-refractivity contribution is -0.118. The molecule has 0 aliphatic heterocycles. The van der Waals surface area contributed by atoms with Gasteiger partial charge in [0.25, 0.3) is 0 Å². The molecule has 1 amide bonds. The van der Waals surface area contributed by atoms with E-state index in [9.17, 15) is 4.79 Å². The molecule has 0 heterocycles. The van der Waals surface area contributed by atoms with Gasteiger partial charge in [0.05, 0.1) is 0 Å². The maximum Gasteiger partial charge on any atom is 0.239 e. The van der Waals surface area contributed by atoms with Crippen molar-refractivity contribution >= 4 is 39.3 Å². The number of carbonyl (C=O) groups is 1. The summed E-state index contributed by atoms with van der Waals surface area (Å²) in [6, 6.07) is 7.37. The first-order valence-electron chi connectivity index (χ1n) is 4.94. The van der Waals surface area contributed by atoms with Gasteiger partial charge in [0.2, 0.25) is 5.91 Å². The van der Waals surface area contributed by atoms with Crippen molar-refractivity contribution in [2.75, 3.05) is 17.3 Å². The summed E-state index contributed by atoms with van der Waals surface area (Å²) in [6.45, 7) is 0. The van der Waals surface area contributed by atoms with Crippen LogP contribution in [0.15, 0.2) is 28.7 Å². The second kappa shape index (κ2) is 6.81. The van der Waals surface area contributed by atoms with Gasteiger partial charge in [-0.05, 0) is 46.5 Å². The SMILES string of the molecule is CSCCC(Nc1ccccc1Br)C(N)=O. The second-order valence-electron chi connectivity index (χ2n) is 3.36. The number of primary amides is 1. The highest BCUT2D eigenvalue weighted by Gasteiger charge is 2.15. The maximum atomic E-state index is 11.3. The molecule has 1 atom stereocenters. The predicted molar refractivity (Wildman–Crippen MR) is 73.7 cm³/mol. The Bertz CT molecular complexity index is 360. The quantitative estimate of drug-likeness (QED) is 0.849.